The molecule has 1 amide bonds. The molecule has 0 saturated carbocycles. The van der Waals surface area contributed by atoms with E-state index in [9.17, 15) is 35.4 Å². The second-order valence-electron chi connectivity index (χ2n) is 15.5. The van der Waals surface area contributed by atoms with Crippen molar-refractivity contribution in [3.8, 4) is 0 Å². The molecule has 0 radical (unpaired) electrons. The SMILES string of the molecule is CCCCCCCCCCCCCC[C@@H](O)[C@@H](O)[C@H](COC1OC(CO)C(O)C(O)C1O)NC(=O)CCCCCCCCCCC1CCNCC1. The van der Waals surface area contributed by atoms with Crippen molar-refractivity contribution in [2.75, 3.05) is 26.3 Å². The monoisotopic (exact) mass is 731 g/mol. The molecule has 11 nitrogen and oxygen atoms in total. The number of unbranched alkanes of at least 4 members (excludes halogenated alkanes) is 18. The average molecular weight is 731 g/mol. The number of ether oxygens (including phenoxy) is 2. The van der Waals surface area contributed by atoms with E-state index >= 15 is 0 Å². The van der Waals surface area contributed by atoms with Gasteiger partial charge in [0.1, 0.15) is 30.5 Å². The highest BCUT2D eigenvalue weighted by Gasteiger charge is 2.44. The van der Waals surface area contributed by atoms with Crippen LogP contribution in [0.25, 0.3) is 0 Å². The van der Waals surface area contributed by atoms with E-state index < -0.39 is 55.6 Å². The molecule has 0 aromatic heterocycles. The molecule has 0 spiro atoms. The zero-order chi connectivity index (χ0) is 37.1. The van der Waals surface area contributed by atoms with Crippen molar-refractivity contribution >= 4 is 5.91 Å². The zero-order valence-electron chi connectivity index (χ0n) is 32.1. The summed E-state index contributed by atoms with van der Waals surface area (Å²) in [7, 11) is 0. The Hall–Kier alpha value is -0.890. The minimum atomic E-state index is -1.60. The van der Waals surface area contributed by atoms with Crippen LogP contribution >= 0.6 is 0 Å². The predicted octanol–water partition coefficient (Wildman–Crippen LogP) is 5.00. The Morgan fingerprint density at radius 2 is 1.27 bits per heavy atom. The first-order valence-electron chi connectivity index (χ1n) is 21.1. The van der Waals surface area contributed by atoms with Gasteiger partial charge in [0, 0.05) is 6.42 Å². The van der Waals surface area contributed by atoms with E-state index in [0.717, 1.165) is 57.3 Å². The molecule has 2 fully saturated rings. The lowest BCUT2D eigenvalue weighted by Gasteiger charge is -2.40. The van der Waals surface area contributed by atoms with Gasteiger partial charge in [0.25, 0.3) is 0 Å². The second-order valence-corrected chi connectivity index (χ2v) is 15.5. The third-order valence-electron chi connectivity index (χ3n) is 11.0. The predicted molar refractivity (Wildman–Crippen MR) is 201 cm³/mol. The molecule has 2 aliphatic rings. The third-order valence-corrected chi connectivity index (χ3v) is 11.0. The highest BCUT2D eigenvalue weighted by atomic mass is 16.7. The summed E-state index contributed by atoms with van der Waals surface area (Å²) in [5, 5.41) is 68.4. The van der Waals surface area contributed by atoms with E-state index in [-0.39, 0.29) is 18.9 Å². The molecule has 8 N–H and O–H groups in total. The lowest BCUT2D eigenvalue weighted by Crippen LogP contribution is -2.60. The van der Waals surface area contributed by atoms with Crippen molar-refractivity contribution in [2.24, 2.45) is 5.92 Å². The van der Waals surface area contributed by atoms with Crippen LogP contribution in [0.3, 0.4) is 0 Å². The molecule has 2 saturated heterocycles. The zero-order valence-corrected chi connectivity index (χ0v) is 32.1. The van der Waals surface area contributed by atoms with Gasteiger partial charge in [-0.3, -0.25) is 4.79 Å². The van der Waals surface area contributed by atoms with Gasteiger partial charge in [-0.25, -0.2) is 0 Å². The molecule has 0 aromatic carbocycles. The molecule has 2 rings (SSSR count). The number of hydrogen-bond donors (Lipinski definition) is 8. The van der Waals surface area contributed by atoms with Crippen molar-refractivity contribution in [2.45, 2.75) is 216 Å². The first kappa shape index (κ1) is 46.3. The molecular weight excluding hydrogens is 652 g/mol. The fourth-order valence-corrected chi connectivity index (χ4v) is 7.49. The van der Waals surface area contributed by atoms with Crippen molar-refractivity contribution in [1.29, 1.82) is 0 Å². The minimum Gasteiger partial charge on any atom is -0.394 e. The molecule has 5 unspecified atom stereocenters. The largest absolute Gasteiger partial charge is 0.394 e. The Bertz CT molecular complexity index is 832. The van der Waals surface area contributed by atoms with E-state index in [1.54, 1.807) is 0 Å². The Morgan fingerprint density at radius 3 is 1.84 bits per heavy atom. The molecule has 0 aliphatic carbocycles. The van der Waals surface area contributed by atoms with Gasteiger partial charge in [0.2, 0.25) is 5.91 Å². The molecule has 302 valence electrons. The van der Waals surface area contributed by atoms with E-state index in [1.807, 2.05) is 0 Å². The van der Waals surface area contributed by atoms with Crippen LogP contribution in [-0.4, -0.2) is 112 Å². The summed E-state index contributed by atoms with van der Waals surface area (Å²) in [6.45, 7) is 3.68. The summed E-state index contributed by atoms with van der Waals surface area (Å²) in [4.78, 5) is 12.9. The fourth-order valence-electron chi connectivity index (χ4n) is 7.49. The Labute approximate surface area is 309 Å². The molecule has 0 aromatic rings. The average Bonchev–Trinajstić information content (AvgIpc) is 3.14. The summed E-state index contributed by atoms with van der Waals surface area (Å²) < 4.78 is 11.1. The Balaban J connectivity index is 1.70. The quantitative estimate of drug-likeness (QED) is 0.0453. The van der Waals surface area contributed by atoms with Crippen LogP contribution in [0, 0.1) is 5.92 Å². The Morgan fingerprint density at radius 1 is 0.745 bits per heavy atom. The number of amides is 1. The van der Waals surface area contributed by atoms with Crippen molar-refractivity contribution in [3.63, 3.8) is 0 Å². The van der Waals surface area contributed by atoms with Crippen molar-refractivity contribution in [3.05, 3.63) is 0 Å². The van der Waals surface area contributed by atoms with Crippen LogP contribution in [-0.2, 0) is 14.3 Å². The first-order valence-corrected chi connectivity index (χ1v) is 21.1. The van der Waals surface area contributed by atoms with Gasteiger partial charge < -0.3 is 50.7 Å². The molecular formula is C40H78N2O9. The van der Waals surface area contributed by atoms with Crippen LogP contribution < -0.4 is 10.6 Å². The molecule has 2 aliphatic heterocycles. The number of nitrogens with one attached hydrogen (secondary N) is 2. The lowest BCUT2D eigenvalue weighted by atomic mass is 9.92. The summed E-state index contributed by atoms with van der Waals surface area (Å²) in [5.74, 6) is 0.645. The van der Waals surface area contributed by atoms with Crippen LogP contribution in [0.15, 0.2) is 0 Å². The highest BCUT2D eigenvalue weighted by Crippen LogP contribution is 2.23. The van der Waals surface area contributed by atoms with Gasteiger partial charge in [0.05, 0.1) is 25.4 Å². The number of aliphatic hydroxyl groups is 6. The van der Waals surface area contributed by atoms with E-state index in [0.29, 0.717) is 6.42 Å². The second kappa shape index (κ2) is 29.5. The number of piperidine rings is 1. The van der Waals surface area contributed by atoms with E-state index in [4.69, 9.17) is 9.47 Å². The van der Waals surface area contributed by atoms with E-state index in [2.05, 4.69) is 17.6 Å². The van der Waals surface area contributed by atoms with Gasteiger partial charge >= 0.3 is 0 Å². The molecule has 51 heavy (non-hydrogen) atoms. The molecule has 8 atom stereocenters. The smallest absolute Gasteiger partial charge is 0.220 e. The summed E-state index contributed by atoms with van der Waals surface area (Å²) in [5.41, 5.74) is 0. The molecule has 2 heterocycles. The fraction of sp³-hybridized carbons (Fsp3) is 0.975. The topological polar surface area (TPSA) is 181 Å². The van der Waals surface area contributed by atoms with Crippen LogP contribution in [0.1, 0.15) is 167 Å². The number of rotatable bonds is 31. The number of aliphatic hydroxyl groups excluding tert-OH is 6. The van der Waals surface area contributed by atoms with Crippen LogP contribution in [0.4, 0.5) is 0 Å². The molecule has 0 bridgehead atoms. The van der Waals surface area contributed by atoms with Crippen molar-refractivity contribution in [1.82, 2.24) is 10.6 Å². The molecule has 11 heteroatoms. The normalized spacial score (nSPS) is 24.7. The van der Waals surface area contributed by atoms with Gasteiger partial charge in [-0.05, 0) is 44.7 Å². The van der Waals surface area contributed by atoms with Crippen molar-refractivity contribution < 1.29 is 44.9 Å². The van der Waals surface area contributed by atoms with Gasteiger partial charge in [-0.15, -0.1) is 0 Å². The lowest BCUT2D eigenvalue weighted by molar-refractivity contribution is -0.303. The van der Waals surface area contributed by atoms with Gasteiger partial charge in [0.15, 0.2) is 6.29 Å². The van der Waals surface area contributed by atoms with Crippen LogP contribution in [0.5, 0.6) is 0 Å². The maximum Gasteiger partial charge on any atom is 0.220 e. The van der Waals surface area contributed by atoms with E-state index in [1.165, 1.54) is 109 Å². The van der Waals surface area contributed by atoms with Gasteiger partial charge in [-0.1, -0.05) is 135 Å². The Kier molecular flexibility index (Phi) is 26.7. The first-order chi connectivity index (χ1) is 24.8. The van der Waals surface area contributed by atoms with Gasteiger partial charge in [-0.2, -0.15) is 0 Å². The summed E-state index contributed by atoms with van der Waals surface area (Å²) in [6, 6.07) is -0.984. The highest BCUT2D eigenvalue weighted by molar-refractivity contribution is 5.76. The maximum absolute atomic E-state index is 12.9. The number of carbonyl (C=O) groups is 1. The summed E-state index contributed by atoms with van der Waals surface area (Å²) in [6.07, 6.45) is 18.3. The van der Waals surface area contributed by atoms with Crippen LogP contribution in [0.2, 0.25) is 0 Å². The third kappa shape index (κ3) is 20.4. The number of hydrogen-bond acceptors (Lipinski definition) is 10. The maximum atomic E-state index is 12.9. The number of carbonyl (C=O) groups excluding carboxylic acids is 1. The minimum absolute atomic E-state index is 0.257. The summed E-state index contributed by atoms with van der Waals surface area (Å²) >= 11 is 0. The standard InChI is InChI=1S/C40H78N2O9/c1-2-3-4-5-6-7-8-9-10-14-17-20-23-33(44)36(46)32(30-50-40-39(49)38(48)37(47)34(29-43)51-40)42-35(45)24-21-18-15-12-11-13-16-19-22-31-25-27-41-28-26-31/h31-34,36-41,43-44,46-49H,2-30H2,1H3,(H,42,45)/t32-,33+,34?,36-,37?,38?,39?,40?/m0/s1.